The summed E-state index contributed by atoms with van der Waals surface area (Å²) in [6, 6.07) is -3.76. The minimum atomic E-state index is -1.23. The maximum Gasteiger partial charge on any atom is 0.411 e. The first-order valence-corrected chi connectivity index (χ1v) is 38.7. The van der Waals surface area contributed by atoms with E-state index in [0.29, 0.717) is 77.5 Å². The molecule has 0 saturated carbocycles. The summed E-state index contributed by atoms with van der Waals surface area (Å²) < 4.78 is 39.8. The van der Waals surface area contributed by atoms with Crippen molar-refractivity contribution in [3.8, 4) is 0 Å². The highest BCUT2D eigenvalue weighted by Crippen LogP contribution is 2.29. The van der Waals surface area contributed by atoms with Gasteiger partial charge in [0.05, 0.1) is 28.3 Å². The van der Waals surface area contributed by atoms with Gasteiger partial charge in [-0.15, -0.1) is 0 Å². The molecule has 3 N–H and O–H groups in total. The zero-order chi connectivity index (χ0) is 90.2. The van der Waals surface area contributed by atoms with E-state index >= 15 is 0 Å². The number of Topliss-reactive ketones (excluding diaryl/α,β-unsaturated/α-hetero) is 4. The van der Waals surface area contributed by atoms with Gasteiger partial charge in [-0.05, 0) is 197 Å². The van der Waals surface area contributed by atoms with E-state index in [4.69, 9.17) is 55.0 Å². The van der Waals surface area contributed by atoms with Crippen molar-refractivity contribution >= 4 is 118 Å². The summed E-state index contributed by atoms with van der Waals surface area (Å²) in [7, 11) is 0. The molecule has 0 spiro atoms. The normalized spacial score (nSPS) is 18.9. The maximum absolute atomic E-state index is 12.6. The second kappa shape index (κ2) is 51.1. The highest BCUT2D eigenvalue weighted by Gasteiger charge is 2.46. The van der Waals surface area contributed by atoms with Crippen LogP contribution in [-0.4, -0.2) is 266 Å². The molecule has 0 aromatic heterocycles. The van der Waals surface area contributed by atoms with Gasteiger partial charge < -0.3 is 67.9 Å². The predicted octanol–water partition coefficient (Wildman–Crippen LogP) is 8.32. The van der Waals surface area contributed by atoms with E-state index in [-0.39, 0.29) is 52.2 Å². The van der Waals surface area contributed by atoms with Crippen molar-refractivity contribution in [2.45, 2.75) is 235 Å². The molecule has 6 saturated heterocycles. The summed E-state index contributed by atoms with van der Waals surface area (Å²) in [6.07, 6.45) is 16.7. The molecule has 0 radical (unpaired) electrons. The fourth-order valence-electron chi connectivity index (χ4n) is 11.2. The van der Waals surface area contributed by atoms with Crippen LogP contribution in [0, 0.1) is 21.7 Å². The summed E-state index contributed by atoms with van der Waals surface area (Å²) in [5.74, 6) is -10.5. The van der Waals surface area contributed by atoms with E-state index in [9.17, 15) is 91.4 Å². The van der Waals surface area contributed by atoms with Crippen LogP contribution in [0.2, 0.25) is 0 Å². The summed E-state index contributed by atoms with van der Waals surface area (Å²) in [5, 5.41) is 26.9. The zero-order valence-corrected chi connectivity index (χ0v) is 71.0. The van der Waals surface area contributed by atoms with Crippen LogP contribution in [0.3, 0.4) is 0 Å². The number of cyclic esters (lactones) is 1. The van der Waals surface area contributed by atoms with Gasteiger partial charge in [-0.1, -0.05) is 71.5 Å². The van der Waals surface area contributed by atoms with Gasteiger partial charge in [0, 0.05) is 44.9 Å². The standard InChI is InChI=1S/C18H25NO6.C15H21NO6.C15H23NO5.C14H23NO4.C11H19NO4.C6H8O3.C3H3ClO/c1-5-11-24-17(23)13-9-7-8-10-19(13)16(22)15(21)18(3,4)12-25-14(20)6-2;1-4-11(17)22-9-15(2,3)12(18)13(19)16-8-6-5-7-10(16)14(20)21;1-4-9-21-14(20)11-7-5-6-8-16(11)13(19)12(18)15(2,3)10-17;1-5-10-18-12(16)11-8-6-7-9-15(11)13(17)19-14(2,3)4;1-11(2,3)16-10(15)12-7-5-4-6-8(12)9(13)14;1-6(2)3-9-5(8)4(6)7;1-2-3(4)5/h5-6,13H,1-2,7-12H2,3-4H3;4,10H,1,5-9H2,2-3H3,(H,20,21);4,11,17H,1,5-10H2,2-3H3;5,11H,1,6-10H2,2-4H3;8H,4-7H2,1-3H3,(H,13,14);3H2,1-2H3;2H,1H2/t13-;10-;2*11-;8-;;/m00000../s1. The number of aliphatic hydroxyl groups excluding tert-OH is 1. The Hall–Kier alpha value is -10.2. The molecule has 6 fully saturated rings. The number of aliphatic hydroxyl groups is 1. The lowest BCUT2D eigenvalue weighted by molar-refractivity contribution is -0.161. The Kier molecular flexibility index (Phi) is 46.6. The summed E-state index contributed by atoms with van der Waals surface area (Å²) >= 11 is 4.71. The number of esters is 6. The molecule has 656 valence electrons. The van der Waals surface area contributed by atoms with E-state index in [2.05, 4.69) is 44.2 Å². The molecule has 6 aliphatic heterocycles. The van der Waals surface area contributed by atoms with Crippen molar-refractivity contribution in [2.24, 2.45) is 21.7 Å². The zero-order valence-electron chi connectivity index (χ0n) is 70.3. The fraction of sp³-hybridized carbons (Fsp3) is 0.634. The SMILES string of the molecule is C=CC(=O)Cl.C=CC(=O)OCC(C)(C)C(=O)C(=O)N1CCCC[C@H]1C(=O)O.C=CCOC(=O)[C@@H]1CCCCN1C(=O)C(=O)C(C)(C)CO.C=CCOC(=O)[C@@H]1CCCCN1C(=O)C(=O)C(C)(C)COC(=O)C=C.C=CCOC(=O)[C@@H]1CCCCN1C(=O)OC(C)(C)C.CC(C)(C)OC(=O)N1CCCC[C@H]1C(=O)O.CC1(C)COC(=O)C1=O. The number of aliphatic carboxylic acids is 2. The van der Waals surface area contributed by atoms with Gasteiger partial charge in [0.1, 0.15) is 81.1 Å². The number of hydrogen-bond acceptors (Lipinski definition) is 27. The fourth-order valence-corrected chi connectivity index (χ4v) is 11.2. The number of ketones is 4. The maximum atomic E-state index is 12.6. The molecule has 0 aromatic carbocycles. The van der Waals surface area contributed by atoms with E-state index in [0.717, 1.165) is 68.1 Å². The van der Waals surface area contributed by atoms with Crippen molar-refractivity contribution in [3.05, 3.63) is 75.9 Å². The quantitative estimate of drug-likeness (QED) is 0.0193. The Labute approximate surface area is 689 Å². The number of halogens is 1. The molecule has 0 unspecified atom stereocenters. The van der Waals surface area contributed by atoms with Gasteiger partial charge in [0.15, 0.2) is 0 Å². The molecule has 6 aliphatic rings. The predicted molar refractivity (Wildman–Crippen MR) is 425 cm³/mol. The Morgan fingerprint density at radius 2 is 0.692 bits per heavy atom. The monoisotopic (exact) mass is 1680 g/mol. The highest BCUT2D eigenvalue weighted by atomic mass is 35.5. The van der Waals surface area contributed by atoms with Crippen molar-refractivity contribution in [3.63, 3.8) is 0 Å². The van der Waals surface area contributed by atoms with Gasteiger partial charge >= 0.3 is 59.9 Å². The molecule has 34 nitrogen and oxygen atoms in total. The molecular weight excluding hydrogens is 1550 g/mol. The number of likely N-dealkylation sites (tertiary alicyclic amines) is 5. The first-order valence-electron chi connectivity index (χ1n) is 38.3. The molecule has 0 bridgehead atoms. The van der Waals surface area contributed by atoms with Crippen LogP contribution in [0.25, 0.3) is 0 Å². The van der Waals surface area contributed by atoms with Gasteiger partial charge in [0.2, 0.25) is 28.4 Å². The van der Waals surface area contributed by atoms with Gasteiger partial charge in [-0.3, -0.25) is 48.2 Å². The minimum absolute atomic E-state index is 0.0499. The smallest absolute Gasteiger partial charge is 0.411 e. The Morgan fingerprint density at radius 3 is 0.932 bits per heavy atom. The second-order valence-electron chi connectivity index (χ2n) is 32.1. The van der Waals surface area contributed by atoms with Crippen molar-refractivity contribution in [1.82, 2.24) is 24.5 Å². The largest absolute Gasteiger partial charge is 0.480 e. The number of carboxylic acid groups (broad SMARTS) is 2. The topological polar surface area (TPSA) is 458 Å². The van der Waals surface area contributed by atoms with E-state index in [1.165, 1.54) is 79.4 Å². The number of nitrogens with zero attached hydrogens (tertiary/aromatic N) is 5. The molecule has 6 rings (SSSR count). The van der Waals surface area contributed by atoms with Crippen LogP contribution < -0.4 is 0 Å². The number of piperidine rings is 5. The number of amides is 5. The highest BCUT2D eigenvalue weighted by molar-refractivity contribution is 6.66. The second-order valence-corrected chi connectivity index (χ2v) is 32.4. The Morgan fingerprint density at radius 1 is 0.427 bits per heavy atom. The van der Waals surface area contributed by atoms with Crippen LogP contribution in [-0.2, 0) is 115 Å². The Bertz CT molecular complexity index is 3560. The molecular formula is C82H122ClN5O29. The van der Waals surface area contributed by atoms with Crippen LogP contribution >= 0.6 is 11.6 Å². The molecule has 6 heterocycles. The molecule has 5 amide bonds. The van der Waals surface area contributed by atoms with Crippen molar-refractivity contribution in [1.29, 1.82) is 0 Å². The van der Waals surface area contributed by atoms with Gasteiger partial charge in [-0.2, -0.15) is 0 Å². The van der Waals surface area contributed by atoms with E-state index < -0.39 is 170 Å². The number of rotatable bonds is 25. The van der Waals surface area contributed by atoms with Crippen molar-refractivity contribution in [2.75, 3.05) is 79.0 Å². The molecule has 0 aromatic rings. The third-order valence-electron chi connectivity index (χ3n) is 17.8. The third-order valence-corrected chi connectivity index (χ3v) is 18.0. The molecule has 5 atom stereocenters. The lowest BCUT2D eigenvalue weighted by Crippen LogP contribution is -2.53. The summed E-state index contributed by atoms with van der Waals surface area (Å²) in [5.41, 5.74) is -5.32. The number of hydrogen-bond donors (Lipinski definition) is 3. The minimum Gasteiger partial charge on any atom is -0.480 e. The molecule has 35 heteroatoms. The van der Waals surface area contributed by atoms with E-state index in [1.54, 1.807) is 55.4 Å². The number of ether oxygens (including phenoxy) is 8. The first-order chi connectivity index (χ1) is 54.3. The average molecular weight is 1680 g/mol. The van der Waals surface area contributed by atoms with Crippen LogP contribution in [0.4, 0.5) is 9.59 Å². The third kappa shape index (κ3) is 37.7. The molecule has 117 heavy (non-hydrogen) atoms. The van der Waals surface area contributed by atoms with Crippen LogP contribution in [0.1, 0.15) is 193 Å². The number of carbonyl (C=O) groups is 18. The lowest BCUT2D eigenvalue weighted by Gasteiger charge is -2.35. The van der Waals surface area contributed by atoms with E-state index in [1.807, 2.05) is 0 Å². The van der Waals surface area contributed by atoms with Crippen molar-refractivity contribution < 1.29 is 140 Å². The number of carbonyl (C=O) groups excluding carboxylic acids is 16. The molecule has 0 aliphatic carbocycles. The number of allylic oxidation sites excluding steroid dienone is 1. The van der Waals surface area contributed by atoms with Gasteiger partial charge in [0.25, 0.3) is 17.7 Å². The average Bonchev–Trinajstić information content (AvgIpc) is 1.62. The van der Waals surface area contributed by atoms with Crippen LogP contribution in [0.15, 0.2) is 75.9 Å². The lowest BCUT2D eigenvalue weighted by atomic mass is 9.87. The van der Waals surface area contributed by atoms with Crippen LogP contribution in [0.5, 0.6) is 0 Å². The first kappa shape index (κ1) is 107. The number of carboxylic acids is 2. The van der Waals surface area contributed by atoms with Gasteiger partial charge in [-0.25, -0.2) is 47.9 Å². The summed E-state index contributed by atoms with van der Waals surface area (Å²) in [4.78, 5) is 216. The Balaban J connectivity index is 0.00000138. The summed E-state index contributed by atoms with van der Waals surface area (Å²) in [6.45, 7) is 44.6.